The van der Waals surface area contributed by atoms with E-state index in [9.17, 15) is 8.42 Å². The SMILES string of the molecule is Cc1ccc(S(=O)(=O)O)cc1.Clc1ccc(OC2CC3(CNC3)C2)cn1. The van der Waals surface area contributed by atoms with Gasteiger partial charge in [-0.1, -0.05) is 29.3 Å². The van der Waals surface area contributed by atoms with Crippen LogP contribution in [0, 0.1) is 12.3 Å². The van der Waals surface area contributed by atoms with Gasteiger partial charge in [-0.3, -0.25) is 4.55 Å². The van der Waals surface area contributed by atoms with Gasteiger partial charge in [0.15, 0.2) is 0 Å². The lowest BCUT2D eigenvalue weighted by atomic mass is 9.63. The summed E-state index contributed by atoms with van der Waals surface area (Å²) in [6.07, 6.45) is 4.40. The first-order chi connectivity index (χ1) is 12.3. The number of ether oxygens (including phenoxy) is 1. The quantitative estimate of drug-likeness (QED) is 0.612. The molecule has 2 aliphatic rings. The summed E-state index contributed by atoms with van der Waals surface area (Å²) in [6, 6.07) is 9.62. The Morgan fingerprint density at radius 3 is 2.31 bits per heavy atom. The average molecular weight is 397 g/mol. The van der Waals surface area contributed by atoms with Crippen LogP contribution in [0.5, 0.6) is 5.75 Å². The monoisotopic (exact) mass is 396 g/mol. The molecule has 1 saturated carbocycles. The van der Waals surface area contributed by atoms with Crippen LogP contribution in [0.4, 0.5) is 0 Å². The molecule has 1 aromatic heterocycles. The van der Waals surface area contributed by atoms with Gasteiger partial charge in [-0.2, -0.15) is 8.42 Å². The van der Waals surface area contributed by atoms with E-state index < -0.39 is 10.1 Å². The Morgan fingerprint density at radius 1 is 1.19 bits per heavy atom. The number of hydrogen-bond acceptors (Lipinski definition) is 5. The van der Waals surface area contributed by atoms with Crippen molar-refractivity contribution in [1.82, 2.24) is 10.3 Å². The lowest BCUT2D eigenvalue weighted by molar-refractivity contribution is -0.0496. The standard InChI is InChI=1S/C11H13ClN2O.C7H8O3S/c12-10-2-1-8(5-14-10)15-9-3-11(4-9)6-13-7-11;1-6-2-4-7(5-3-6)11(8,9)10/h1-2,5,9,13H,3-4,6-7H2;2-5H,1H3,(H,8,9,10). The highest BCUT2D eigenvalue weighted by molar-refractivity contribution is 7.85. The van der Waals surface area contributed by atoms with Crippen LogP contribution in [0.1, 0.15) is 18.4 Å². The second-order valence-electron chi connectivity index (χ2n) is 6.86. The van der Waals surface area contributed by atoms with Crippen LogP contribution in [0.3, 0.4) is 0 Å². The van der Waals surface area contributed by atoms with E-state index in [1.54, 1.807) is 24.4 Å². The summed E-state index contributed by atoms with van der Waals surface area (Å²) in [5.41, 5.74) is 1.52. The third-order valence-electron chi connectivity index (χ3n) is 4.64. The van der Waals surface area contributed by atoms with Crippen LogP contribution < -0.4 is 10.1 Å². The van der Waals surface area contributed by atoms with Gasteiger partial charge in [-0.25, -0.2) is 4.98 Å². The molecule has 0 radical (unpaired) electrons. The Labute approximate surface area is 158 Å². The van der Waals surface area contributed by atoms with Crippen molar-refractivity contribution in [1.29, 1.82) is 0 Å². The van der Waals surface area contributed by atoms with Gasteiger partial charge < -0.3 is 10.1 Å². The zero-order chi connectivity index (χ0) is 18.8. The van der Waals surface area contributed by atoms with Crippen molar-refractivity contribution in [3.63, 3.8) is 0 Å². The molecule has 2 N–H and O–H groups in total. The van der Waals surface area contributed by atoms with E-state index in [1.807, 2.05) is 13.0 Å². The number of nitrogens with zero attached hydrogens (tertiary/aromatic N) is 1. The number of hydrogen-bond donors (Lipinski definition) is 2. The number of halogens is 1. The van der Waals surface area contributed by atoms with E-state index in [2.05, 4.69) is 10.3 Å². The second kappa shape index (κ2) is 7.52. The first kappa shape index (κ1) is 19.1. The van der Waals surface area contributed by atoms with Crippen LogP contribution in [-0.2, 0) is 10.1 Å². The predicted molar refractivity (Wildman–Crippen MR) is 99.2 cm³/mol. The predicted octanol–water partition coefficient (Wildman–Crippen LogP) is 3.11. The fourth-order valence-corrected chi connectivity index (χ4v) is 3.68. The number of rotatable bonds is 3. The Hall–Kier alpha value is -1.67. The van der Waals surface area contributed by atoms with E-state index >= 15 is 0 Å². The van der Waals surface area contributed by atoms with Gasteiger partial charge in [-0.05, 0) is 44.0 Å². The summed E-state index contributed by atoms with van der Waals surface area (Å²) in [4.78, 5) is 3.92. The summed E-state index contributed by atoms with van der Waals surface area (Å²) in [5.74, 6) is 0.825. The fourth-order valence-electron chi connectivity index (χ4n) is 3.09. The van der Waals surface area contributed by atoms with E-state index in [0.717, 1.165) is 24.4 Å². The third-order valence-corrected chi connectivity index (χ3v) is 5.73. The smallest absolute Gasteiger partial charge is 0.294 e. The Morgan fingerprint density at radius 2 is 1.85 bits per heavy atom. The molecule has 2 heterocycles. The Bertz CT molecular complexity index is 842. The molecule has 4 rings (SSSR count). The number of pyridine rings is 1. The maximum absolute atomic E-state index is 10.5. The summed E-state index contributed by atoms with van der Waals surface area (Å²) < 4.78 is 35.3. The maximum atomic E-state index is 10.5. The van der Waals surface area contributed by atoms with Gasteiger partial charge >= 0.3 is 0 Å². The lowest BCUT2D eigenvalue weighted by Gasteiger charge is -2.53. The van der Waals surface area contributed by atoms with E-state index in [-0.39, 0.29) is 4.90 Å². The van der Waals surface area contributed by atoms with Crippen molar-refractivity contribution < 1.29 is 17.7 Å². The molecular formula is C18H21ClN2O4S. The Balaban J connectivity index is 0.000000160. The summed E-state index contributed by atoms with van der Waals surface area (Å²) in [6.45, 7) is 4.16. The molecule has 8 heteroatoms. The molecule has 1 saturated heterocycles. The minimum Gasteiger partial charge on any atom is -0.489 e. The number of benzene rings is 1. The van der Waals surface area contributed by atoms with Crippen molar-refractivity contribution in [3.8, 4) is 5.75 Å². The highest BCUT2D eigenvalue weighted by Crippen LogP contribution is 2.45. The molecule has 0 amide bonds. The summed E-state index contributed by atoms with van der Waals surface area (Å²) >= 11 is 5.70. The highest BCUT2D eigenvalue weighted by Gasteiger charge is 2.49. The third kappa shape index (κ3) is 4.73. The zero-order valence-electron chi connectivity index (χ0n) is 14.4. The van der Waals surface area contributed by atoms with Gasteiger partial charge in [0.1, 0.15) is 17.0 Å². The summed E-state index contributed by atoms with van der Waals surface area (Å²) in [5, 5.41) is 3.82. The van der Waals surface area contributed by atoms with Crippen molar-refractivity contribution in [2.75, 3.05) is 13.1 Å². The van der Waals surface area contributed by atoms with Gasteiger partial charge in [-0.15, -0.1) is 0 Å². The van der Waals surface area contributed by atoms with Crippen molar-refractivity contribution in [2.24, 2.45) is 5.41 Å². The first-order valence-corrected chi connectivity index (χ1v) is 10.1. The molecule has 6 nitrogen and oxygen atoms in total. The van der Waals surface area contributed by atoms with E-state index in [0.29, 0.717) is 16.7 Å². The van der Waals surface area contributed by atoms with E-state index in [1.165, 1.54) is 25.0 Å². The Kier molecular flexibility index (Phi) is 5.53. The molecule has 26 heavy (non-hydrogen) atoms. The van der Waals surface area contributed by atoms with E-state index in [4.69, 9.17) is 20.9 Å². The van der Waals surface area contributed by atoms with Crippen molar-refractivity contribution >= 4 is 21.7 Å². The van der Waals surface area contributed by atoms with Gasteiger partial charge in [0.25, 0.3) is 10.1 Å². The summed E-state index contributed by atoms with van der Waals surface area (Å²) in [7, 11) is -4.02. The van der Waals surface area contributed by atoms with Crippen LogP contribution in [-0.4, -0.2) is 37.1 Å². The molecule has 1 spiro atoms. The van der Waals surface area contributed by atoms with Crippen molar-refractivity contribution in [2.45, 2.75) is 30.8 Å². The maximum Gasteiger partial charge on any atom is 0.294 e. The molecule has 1 aliphatic heterocycles. The molecule has 0 atom stereocenters. The molecule has 2 aromatic rings. The van der Waals surface area contributed by atoms with Gasteiger partial charge in [0.05, 0.1) is 11.1 Å². The van der Waals surface area contributed by atoms with Crippen LogP contribution in [0.15, 0.2) is 47.5 Å². The molecule has 1 aliphatic carbocycles. The van der Waals surface area contributed by atoms with Gasteiger partial charge in [0.2, 0.25) is 0 Å². The lowest BCUT2D eigenvalue weighted by Crippen LogP contribution is -2.62. The second-order valence-corrected chi connectivity index (χ2v) is 8.67. The normalized spacial score (nSPS) is 18.3. The van der Waals surface area contributed by atoms with Crippen LogP contribution in [0.25, 0.3) is 0 Å². The first-order valence-electron chi connectivity index (χ1n) is 8.29. The number of aryl methyl sites for hydroxylation is 1. The topological polar surface area (TPSA) is 88.5 Å². The largest absolute Gasteiger partial charge is 0.489 e. The van der Waals surface area contributed by atoms with Gasteiger partial charge in [0, 0.05) is 18.5 Å². The zero-order valence-corrected chi connectivity index (χ0v) is 15.9. The fraction of sp³-hybridized carbons (Fsp3) is 0.389. The van der Waals surface area contributed by atoms with Crippen LogP contribution in [0.2, 0.25) is 5.15 Å². The average Bonchev–Trinajstić information content (AvgIpc) is 2.50. The number of aromatic nitrogens is 1. The van der Waals surface area contributed by atoms with Crippen molar-refractivity contribution in [3.05, 3.63) is 53.3 Å². The minimum absolute atomic E-state index is 0.0666. The molecule has 0 unspecified atom stereocenters. The highest BCUT2D eigenvalue weighted by atomic mass is 35.5. The number of nitrogens with one attached hydrogen (secondary N) is 1. The molecule has 2 fully saturated rings. The van der Waals surface area contributed by atoms with Crippen LogP contribution >= 0.6 is 11.6 Å². The molecular weight excluding hydrogens is 376 g/mol. The molecule has 140 valence electrons. The molecule has 0 bridgehead atoms. The molecule has 1 aromatic carbocycles. The minimum atomic E-state index is -4.02.